The third-order valence-corrected chi connectivity index (χ3v) is 4.70. The molecule has 4 nitrogen and oxygen atoms in total. The summed E-state index contributed by atoms with van der Waals surface area (Å²) in [6.45, 7) is 6.07. The van der Waals surface area contributed by atoms with Gasteiger partial charge in [-0.25, -0.2) is 0 Å². The first-order chi connectivity index (χ1) is 11.2. The molecule has 0 unspecified atom stereocenters. The molecule has 23 heavy (non-hydrogen) atoms. The lowest BCUT2D eigenvalue weighted by Gasteiger charge is -2.33. The molecule has 1 aliphatic heterocycles. The number of nitrogens with zero attached hydrogens (tertiary/aromatic N) is 1. The number of piperazine rings is 1. The van der Waals surface area contributed by atoms with Gasteiger partial charge in [0.05, 0.1) is 26.2 Å². The highest BCUT2D eigenvalue weighted by Gasteiger charge is 2.19. The molecule has 1 saturated heterocycles. The first kappa shape index (κ1) is 16.1. The molecule has 5 heteroatoms. The van der Waals surface area contributed by atoms with E-state index in [2.05, 4.69) is 20.8 Å². The van der Waals surface area contributed by atoms with Crippen molar-refractivity contribution in [3.8, 4) is 11.5 Å². The molecule has 3 rings (SSSR count). The molecular formula is C18H22BrN2O2+. The van der Waals surface area contributed by atoms with Crippen LogP contribution in [0.2, 0.25) is 0 Å². The number of quaternary nitrogens is 1. The second-order valence-electron chi connectivity index (χ2n) is 5.81. The summed E-state index contributed by atoms with van der Waals surface area (Å²) in [5.74, 6) is 1.24. The minimum Gasteiger partial charge on any atom is -0.508 e. The summed E-state index contributed by atoms with van der Waals surface area (Å²) >= 11 is 3.46. The number of phenols is 1. The Labute approximate surface area is 145 Å². The highest BCUT2D eigenvalue weighted by molar-refractivity contribution is 9.10. The van der Waals surface area contributed by atoms with E-state index in [0.29, 0.717) is 5.75 Å². The van der Waals surface area contributed by atoms with Crippen LogP contribution in [-0.4, -0.2) is 44.4 Å². The van der Waals surface area contributed by atoms with Crippen LogP contribution in [0.3, 0.4) is 0 Å². The second-order valence-corrected chi connectivity index (χ2v) is 6.72. The Kier molecular flexibility index (Phi) is 5.41. The maximum atomic E-state index is 9.37. The summed E-state index contributed by atoms with van der Waals surface area (Å²) in [6, 6.07) is 15.4. The second kappa shape index (κ2) is 7.70. The first-order valence-electron chi connectivity index (χ1n) is 7.96. The van der Waals surface area contributed by atoms with Gasteiger partial charge in [0.2, 0.25) is 0 Å². The van der Waals surface area contributed by atoms with Crippen molar-refractivity contribution in [1.29, 1.82) is 0 Å². The maximum Gasteiger partial charge on any atom is 0.137 e. The van der Waals surface area contributed by atoms with Crippen molar-refractivity contribution < 1.29 is 14.7 Å². The van der Waals surface area contributed by atoms with Crippen LogP contribution in [0, 0.1) is 0 Å². The van der Waals surface area contributed by atoms with Crippen LogP contribution < -0.4 is 14.5 Å². The van der Waals surface area contributed by atoms with E-state index in [1.165, 1.54) is 5.69 Å². The van der Waals surface area contributed by atoms with Crippen LogP contribution in [0.5, 0.6) is 11.5 Å². The van der Waals surface area contributed by atoms with Crippen LogP contribution in [0.25, 0.3) is 0 Å². The van der Waals surface area contributed by atoms with Gasteiger partial charge in [-0.1, -0.05) is 22.0 Å². The summed E-state index contributed by atoms with van der Waals surface area (Å²) in [7, 11) is 0. The van der Waals surface area contributed by atoms with Crippen LogP contribution in [0.15, 0.2) is 53.0 Å². The maximum absolute atomic E-state index is 9.37. The molecule has 2 N–H and O–H groups in total. The van der Waals surface area contributed by atoms with E-state index in [4.69, 9.17) is 4.74 Å². The van der Waals surface area contributed by atoms with Gasteiger partial charge in [0.1, 0.15) is 24.7 Å². The number of aromatic hydroxyl groups is 1. The zero-order chi connectivity index (χ0) is 16.1. The topological polar surface area (TPSA) is 37.1 Å². The van der Waals surface area contributed by atoms with E-state index in [9.17, 15) is 5.11 Å². The Morgan fingerprint density at radius 1 is 1.09 bits per heavy atom. The van der Waals surface area contributed by atoms with Crippen molar-refractivity contribution in [1.82, 2.24) is 0 Å². The van der Waals surface area contributed by atoms with Crippen molar-refractivity contribution in [2.45, 2.75) is 0 Å². The standard InChI is InChI=1S/C18H21BrN2O2/c19-15-2-1-3-18(14-15)23-13-12-20-8-10-21(11-9-20)16-4-6-17(22)7-5-16/h1-7,14,22H,8-13H2/p+1. The van der Waals surface area contributed by atoms with E-state index in [0.717, 1.165) is 49.6 Å². The van der Waals surface area contributed by atoms with Crippen molar-refractivity contribution in [3.63, 3.8) is 0 Å². The summed E-state index contributed by atoms with van der Waals surface area (Å²) < 4.78 is 6.87. The summed E-state index contributed by atoms with van der Waals surface area (Å²) in [4.78, 5) is 3.95. The van der Waals surface area contributed by atoms with Gasteiger partial charge in [0.15, 0.2) is 0 Å². The molecule has 1 fully saturated rings. The number of ether oxygens (including phenoxy) is 1. The highest BCUT2D eigenvalue weighted by atomic mass is 79.9. The molecule has 0 amide bonds. The number of hydrogen-bond acceptors (Lipinski definition) is 3. The molecule has 0 radical (unpaired) electrons. The number of hydrogen-bond donors (Lipinski definition) is 2. The van der Waals surface area contributed by atoms with Gasteiger partial charge < -0.3 is 19.6 Å². The molecule has 0 aliphatic carbocycles. The van der Waals surface area contributed by atoms with Gasteiger partial charge in [-0.3, -0.25) is 0 Å². The van der Waals surface area contributed by atoms with Crippen molar-refractivity contribution in [2.75, 3.05) is 44.2 Å². The fourth-order valence-electron chi connectivity index (χ4n) is 2.86. The number of halogens is 1. The zero-order valence-corrected chi connectivity index (χ0v) is 14.6. The van der Waals surface area contributed by atoms with E-state index in [-0.39, 0.29) is 0 Å². The monoisotopic (exact) mass is 377 g/mol. The fourth-order valence-corrected chi connectivity index (χ4v) is 3.24. The zero-order valence-electron chi connectivity index (χ0n) is 13.0. The summed E-state index contributed by atoms with van der Waals surface area (Å²) in [6.07, 6.45) is 0. The lowest BCUT2D eigenvalue weighted by molar-refractivity contribution is -0.900. The molecule has 0 spiro atoms. The molecule has 2 aromatic rings. The Morgan fingerprint density at radius 2 is 1.83 bits per heavy atom. The van der Waals surface area contributed by atoms with Gasteiger partial charge in [-0.15, -0.1) is 0 Å². The van der Waals surface area contributed by atoms with E-state index >= 15 is 0 Å². The Balaban J connectivity index is 1.41. The number of anilines is 1. The van der Waals surface area contributed by atoms with E-state index < -0.39 is 0 Å². The van der Waals surface area contributed by atoms with Crippen LogP contribution in [0.4, 0.5) is 5.69 Å². The van der Waals surface area contributed by atoms with Crippen LogP contribution in [0.1, 0.15) is 0 Å². The molecular weight excluding hydrogens is 356 g/mol. The SMILES string of the molecule is Oc1ccc(N2CC[NH+](CCOc3cccc(Br)c3)CC2)cc1. The molecule has 1 heterocycles. The predicted molar refractivity (Wildman–Crippen MR) is 95.5 cm³/mol. The lowest BCUT2D eigenvalue weighted by atomic mass is 10.2. The average Bonchev–Trinajstić information content (AvgIpc) is 2.56. The largest absolute Gasteiger partial charge is 0.508 e. The van der Waals surface area contributed by atoms with Gasteiger partial charge in [-0.05, 0) is 42.5 Å². The fraction of sp³-hybridized carbons (Fsp3) is 0.333. The average molecular weight is 378 g/mol. The van der Waals surface area contributed by atoms with E-state index in [1.54, 1.807) is 17.0 Å². The Bertz CT molecular complexity index is 625. The molecule has 0 aromatic heterocycles. The van der Waals surface area contributed by atoms with Crippen LogP contribution >= 0.6 is 15.9 Å². The minimum absolute atomic E-state index is 0.322. The normalized spacial score (nSPS) is 15.6. The molecule has 1 aliphatic rings. The van der Waals surface area contributed by atoms with Crippen molar-refractivity contribution in [2.24, 2.45) is 0 Å². The summed E-state index contributed by atoms with van der Waals surface area (Å²) in [5.41, 5.74) is 1.19. The number of rotatable bonds is 5. The summed E-state index contributed by atoms with van der Waals surface area (Å²) in [5, 5.41) is 9.37. The number of nitrogens with one attached hydrogen (secondary N) is 1. The van der Waals surface area contributed by atoms with Gasteiger partial charge in [0, 0.05) is 10.2 Å². The third kappa shape index (κ3) is 4.62. The highest BCUT2D eigenvalue weighted by Crippen LogP contribution is 2.18. The van der Waals surface area contributed by atoms with Gasteiger partial charge >= 0.3 is 0 Å². The minimum atomic E-state index is 0.322. The molecule has 2 aromatic carbocycles. The molecule has 0 bridgehead atoms. The molecule has 0 saturated carbocycles. The van der Waals surface area contributed by atoms with Crippen molar-refractivity contribution >= 4 is 21.6 Å². The van der Waals surface area contributed by atoms with Crippen LogP contribution in [-0.2, 0) is 0 Å². The predicted octanol–water partition coefficient (Wildman–Crippen LogP) is 1.94. The third-order valence-electron chi connectivity index (χ3n) is 4.21. The van der Waals surface area contributed by atoms with Crippen molar-refractivity contribution in [3.05, 3.63) is 53.0 Å². The Hall–Kier alpha value is -1.72. The first-order valence-corrected chi connectivity index (χ1v) is 8.76. The molecule has 122 valence electrons. The number of phenolic OH excluding ortho intramolecular Hbond substituents is 1. The van der Waals surface area contributed by atoms with E-state index in [1.807, 2.05) is 36.4 Å². The lowest BCUT2D eigenvalue weighted by Crippen LogP contribution is -3.15. The van der Waals surface area contributed by atoms with Gasteiger partial charge in [0.25, 0.3) is 0 Å². The Morgan fingerprint density at radius 3 is 2.52 bits per heavy atom. The quantitative estimate of drug-likeness (QED) is 0.835. The molecule has 0 atom stereocenters. The number of benzene rings is 2. The smallest absolute Gasteiger partial charge is 0.137 e. The van der Waals surface area contributed by atoms with Gasteiger partial charge in [-0.2, -0.15) is 0 Å².